The highest BCUT2D eigenvalue weighted by Crippen LogP contribution is 2.12. The van der Waals surface area contributed by atoms with Crippen LogP contribution in [-0.2, 0) is 0 Å². The second-order valence-electron chi connectivity index (χ2n) is 3.62. The molecule has 0 unspecified atom stereocenters. The van der Waals surface area contributed by atoms with E-state index in [1.807, 2.05) is 18.2 Å². The van der Waals surface area contributed by atoms with Crippen molar-refractivity contribution >= 4 is 5.57 Å². The quantitative estimate of drug-likeness (QED) is 0.620. The molecule has 0 atom stereocenters. The number of hydrogen-bond donors (Lipinski definition) is 0. The van der Waals surface area contributed by atoms with Crippen molar-refractivity contribution in [2.75, 3.05) is 0 Å². The van der Waals surface area contributed by atoms with Gasteiger partial charge in [0.25, 0.3) is 0 Å². The maximum absolute atomic E-state index is 4.03. The lowest BCUT2D eigenvalue weighted by molar-refractivity contribution is 1.10. The molecule has 1 aromatic carbocycles. The van der Waals surface area contributed by atoms with Crippen LogP contribution in [-0.4, -0.2) is 0 Å². The fourth-order valence-corrected chi connectivity index (χ4v) is 1.19. The Morgan fingerprint density at radius 1 is 1.27 bits per heavy atom. The van der Waals surface area contributed by atoms with Crippen LogP contribution in [0.3, 0.4) is 0 Å². The van der Waals surface area contributed by atoms with Gasteiger partial charge in [-0.05, 0) is 24.5 Å². The summed E-state index contributed by atoms with van der Waals surface area (Å²) in [4.78, 5) is 0. The summed E-state index contributed by atoms with van der Waals surface area (Å²) in [5.41, 5.74) is 3.61. The molecule has 0 aliphatic carbocycles. The van der Waals surface area contributed by atoms with Crippen molar-refractivity contribution in [2.45, 2.75) is 20.3 Å². The summed E-state index contributed by atoms with van der Waals surface area (Å²) >= 11 is 0. The molecule has 78 valence electrons. The first-order valence-corrected chi connectivity index (χ1v) is 5.32. The Balaban J connectivity index is 2.65. The zero-order chi connectivity index (χ0) is 11.1. The minimum atomic E-state index is 1.05. The Kier molecular flexibility index (Phi) is 4.62. The first-order valence-electron chi connectivity index (χ1n) is 5.32. The topological polar surface area (TPSA) is 0 Å². The van der Waals surface area contributed by atoms with Gasteiger partial charge in [0.05, 0.1) is 0 Å². The van der Waals surface area contributed by atoms with Gasteiger partial charge in [0.1, 0.15) is 0 Å². The average Bonchev–Trinajstić information content (AvgIpc) is 2.29. The SMILES string of the molecule is C=C(/C=C\C=C(/C)CC)c1ccccc1. The van der Waals surface area contributed by atoms with Gasteiger partial charge in [-0.25, -0.2) is 0 Å². The van der Waals surface area contributed by atoms with Crippen molar-refractivity contribution in [1.82, 2.24) is 0 Å². The van der Waals surface area contributed by atoms with E-state index >= 15 is 0 Å². The molecule has 0 aromatic heterocycles. The van der Waals surface area contributed by atoms with Gasteiger partial charge in [0, 0.05) is 0 Å². The molecule has 0 spiro atoms. The maximum atomic E-state index is 4.03. The standard InChI is InChI=1S/C15H18/c1-4-13(2)9-8-10-14(3)15-11-6-5-7-12-15/h5-12H,3-4H2,1-2H3/b10-8-,13-9+. The predicted molar refractivity (Wildman–Crippen MR) is 68.7 cm³/mol. The third kappa shape index (κ3) is 3.99. The predicted octanol–water partition coefficient (Wildman–Crippen LogP) is 4.61. The van der Waals surface area contributed by atoms with Crippen LogP contribution in [0.1, 0.15) is 25.8 Å². The highest BCUT2D eigenvalue weighted by Gasteiger charge is 1.90. The molecule has 0 heterocycles. The fourth-order valence-electron chi connectivity index (χ4n) is 1.19. The molecule has 0 saturated heterocycles. The molecule has 0 aliphatic rings. The van der Waals surface area contributed by atoms with Crippen LogP contribution in [0.4, 0.5) is 0 Å². The molecule has 1 rings (SSSR count). The zero-order valence-corrected chi connectivity index (χ0v) is 9.53. The Morgan fingerprint density at radius 3 is 2.53 bits per heavy atom. The van der Waals surface area contributed by atoms with E-state index in [2.05, 4.69) is 50.8 Å². The Labute approximate surface area is 92.6 Å². The summed E-state index contributed by atoms with van der Waals surface area (Å²) in [6, 6.07) is 10.2. The lowest BCUT2D eigenvalue weighted by Crippen LogP contribution is -1.76. The van der Waals surface area contributed by atoms with E-state index in [1.165, 1.54) is 11.1 Å². The van der Waals surface area contributed by atoms with Crippen LogP contribution in [0.25, 0.3) is 5.57 Å². The summed E-state index contributed by atoms with van der Waals surface area (Å²) < 4.78 is 0. The van der Waals surface area contributed by atoms with Crippen LogP contribution in [0.2, 0.25) is 0 Å². The van der Waals surface area contributed by atoms with Gasteiger partial charge in [0.15, 0.2) is 0 Å². The zero-order valence-electron chi connectivity index (χ0n) is 9.53. The lowest BCUT2D eigenvalue weighted by atomic mass is 10.1. The van der Waals surface area contributed by atoms with Crippen LogP contribution in [0, 0.1) is 0 Å². The highest BCUT2D eigenvalue weighted by molar-refractivity contribution is 5.72. The van der Waals surface area contributed by atoms with Crippen molar-refractivity contribution in [2.24, 2.45) is 0 Å². The average molecular weight is 198 g/mol. The van der Waals surface area contributed by atoms with E-state index in [1.54, 1.807) is 0 Å². The summed E-state index contributed by atoms with van der Waals surface area (Å²) in [6.45, 7) is 8.32. The van der Waals surface area contributed by atoms with Gasteiger partial charge in [0.2, 0.25) is 0 Å². The molecule has 0 aliphatic heterocycles. The first-order chi connectivity index (χ1) is 7.24. The van der Waals surface area contributed by atoms with Crippen molar-refractivity contribution in [3.05, 3.63) is 66.3 Å². The third-order valence-electron chi connectivity index (χ3n) is 2.38. The highest BCUT2D eigenvalue weighted by atomic mass is 14.0. The fraction of sp³-hybridized carbons (Fsp3) is 0.200. The van der Waals surface area contributed by atoms with E-state index < -0.39 is 0 Å². The molecule has 1 aromatic rings. The largest absolute Gasteiger partial charge is 0.0912 e. The Morgan fingerprint density at radius 2 is 1.93 bits per heavy atom. The van der Waals surface area contributed by atoms with Crippen LogP contribution >= 0.6 is 0 Å². The molecule has 0 nitrogen and oxygen atoms in total. The number of hydrogen-bond acceptors (Lipinski definition) is 0. The van der Waals surface area contributed by atoms with Crippen molar-refractivity contribution in [3.8, 4) is 0 Å². The molecular formula is C15H18. The molecule has 0 N–H and O–H groups in total. The Bertz CT molecular complexity index is 366. The molecule has 0 heteroatoms. The van der Waals surface area contributed by atoms with Crippen molar-refractivity contribution in [3.63, 3.8) is 0 Å². The molecule has 15 heavy (non-hydrogen) atoms. The second-order valence-corrected chi connectivity index (χ2v) is 3.62. The van der Waals surface area contributed by atoms with Crippen LogP contribution in [0.15, 0.2) is 60.7 Å². The van der Waals surface area contributed by atoms with E-state index in [0.717, 1.165) is 12.0 Å². The van der Waals surface area contributed by atoms with Gasteiger partial charge < -0.3 is 0 Å². The Hall–Kier alpha value is -1.56. The summed E-state index contributed by atoms with van der Waals surface area (Å²) in [5, 5.41) is 0. The van der Waals surface area contributed by atoms with E-state index in [9.17, 15) is 0 Å². The lowest BCUT2D eigenvalue weighted by Gasteiger charge is -1.98. The van der Waals surface area contributed by atoms with Crippen LogP contribution in [0.5, 0.6) is 0 Å². The summed E-state index contributed by atoms with van der Waals surface area (Å²) in [6.07, 6.45) is 7.35. The molecular weight excluding hydrogens is 180 g/mol. The van der Waals surface area contributed by atoms with Gasteiger partial charge in [-0.15, -0.1) is 0 Å². The van der Waals surface area contributed by atoms with Gasteiger partial charge >= 0.3 is 0 Å². The smallest absolute Gasteiger partial charge is 0.0190 e. The first kappa shape index (κ1) is 11.5. The molecule has 0 fully saturated rings. The number of rotatable bonds is 4. The molecule has 0 saturated carbocycles. The molecule has 0 bridgehead atoms. The third-order valence-corrected chi connectivity index (χ3v) is 2.38. The number of allylic oxidation sites excluding steroid dienone is 5. The summed E-state index contributed by atoms with van der Waals surface area (Å²) in [7, 11) is 0. The summed E-state index contributed by atoms with van der Waals surface area (Å²) in [5.74, 6) is 0. The number of benzene rings is 1. The minimum Gasteiger partial charge on any atom is -0.0912 e. The van der Waals surface area contributed by atoms with Crippen molar-refractivity contribution < 1.29 is 0 Å². The van der Waals surface area contributed by atoms with Crippen LogP contribution < -0.4 is 0 Å². The van der Waals surface area contributed by atoms with Crippen molar-refractivity contribution in [1.29, 1.82) is 0 Å². The molecule has 0 amide bonds. The van der Waals surface area contributed by atoms with E-state index in [4.69, 9.17) is 0 Å². The maximum Gasteiger partial charge on any atom is -0.0190 e. The minimum absolute atomic E-state index is 1.05. The van der Waals surface area contributed by atoms with E-state index in [0.29, 0.717) is 0 Å². The monoisotopic (exact) mass is 198 g/mol. The van der Waals surface area contributed by atoms with Gasteiger partial charge in [-0.3, -0.25) is 0 Å². The van der Waals surface area contributed by atoms with Gasteiger partial charge in [-0.1, -0.05) is 67.6 Å². The van der Waals surface area contributed by atoms with Gasteiger partial charge in [-0.2, -0.15) is 0 Å². The molecule has 0 radical (unpaired) electrons. The normalized spacial score (nSPS) is 12.0. The second kappa shape index (κ2) is 6.02. The van der Waals surface area contributed by atoms with E-state index in [-0.39, 0.29) is 0 Å².